The van der Waals surface area contributed by atoms with E-state index >= 15 is 0 Å². The highest BCUT2D eigenvalue weighted by atomic mass is 16.5. The van der Waals surface area contributed by atoms with Gasteiger partial charge in [0.1, 0.15) is 11.6 Å². The summed E-state index contributed by atoms with van der Waals surface area (Å²) >= 11 is 0. The number of benzene rings is 2. The number of fused-ring (bicyclic) bond motifs is 2. The van der Waals surface area contributed by atoms with Gasteiger partial charge in [-0.15, -0.1) is 0 Å². The first-order chi connectivity index (χ1) is 13.6. The second kappa shape index (κ2) is 8.05. The first-order valence-electron chi connectivity index (χ1n) is 10.1. The van der Waals surface area contributed by atoms with Crippen LogP contribution in [0.5, 0.6) is 5.75 Å². The molecule has 1 atom stereocenters. The molecule has 5 heteroatoms. The van der Waals surface area contributed by atoms with Crippen molar-refractivity contribution >= 4 is 16.9 Å². The lowest BCUT2D eigenvalue weighted by Gasteiger charge is -2.26. The largest absolute Gasteiger partial charge is 0.493 e. The fourth-order valence-electron chi connectivity index (χ4n) is 3.93. The molecule has 2 heterocycles. The molecule has 0 saturated carbocycles. The van der Waals surface area contributed by atoms with Crippen LogP contribution in [0.25, 0.3) is 11.0 Å². The minimum Gasteiger partial charge on any atom is -0.493 e. The maximum atomic E-state index is 12.6. The number of imidazole rings is 1. The van der Waals surface area contributed by atoms with Crippen molar-refractivity contribution < 1.29 is 9.53 Å². The van der Waals surface area contributed by atoms with E-state index in [2.05, 4.69) is 29.8 Å². The van der Waals surface area contributed by atoms with Crippen molar-refractivity contribution in [2.24, 2.45) is 0 Å². The van der Waals surface area contributed by atoms with Crippen molar-refractivity contribution in [1.82, 2.24) is 14.9 Å². The Labute approximate surface area is 165 Å². The highest BCUT2D eigenvalue weighted by Gasteiger charge is 2.22. The van der Waals surface area contributed by atoms with Gasteiger partial charge in [-0.1, -0.05) is 44.2 Å². The van der Waals surface area contributed by atoms with Crippen LogP contribution in [0.2, 0.25) is 0 Å². The summed E-state index contributed by atoms with van der Waals surface area (Å²) < 4.78 is 7.94. The van der Waals surface area contributed by atoms with Crippen LogP contribution >= 0.6 is 0 Å². The smallest absolute Gasteiger partial charge is 0.220 e. The Morgan fingerprint density at radius 2 is 2.00 bits per heavy atom. The number of carbonyl (C=O) groups excluding carboxylic acids is 1. The number of aryl methyl sites for hydroxylation is 1. The Balaban J connectivity index is 1.39. The predicted octanol–water partition coefficient (Wildman–Crippen LogP) is 4.58. The van der Waals surface area contributed by atoms with E-state index in [0.29, 0.717) is 18.9 Å². The number of nitrogens with zero attached hydrogens (tertiary/aromatic N) is 2. The molecular weight excluding hydrogens is 350 g/mol. The zero-order chi connectivity index (χ0) is 19.5. The van der Waals surface area contributed by atoms with Crippen molar-refractivity contribution in [2.75, 3.05) is 6.61 Å². The molecule has 2 aromatic carbocycles. The number of amides is 1. The molecule has 0 radical (unpaired) electrons. The molecule has 146 valence electrons. The highest BCUT2D eigenvalue weighted by molar-refractivity contribution is 5.77. The second-order valence-corrected chi connectivity index (χ2v) is 7.66. The van der Waals surface area contributed by atoms with Gasteiger partial charge in [-0.05, 0) is 24.6 Å². The second-order valence-electron chi connectivity index (χ2n) is 7.66. The molecule has 0 fully saturated rings. The molecule has 28 heavy (non-hydrogen) atoms. The summed E-state index contributed by atoms with van der Waals surface area (Å²) in [5.74, 6) is 2.41. The summed E-state index contributed by atoms with van der Waals surface area (Å²) in [6.07, 6.45) is 2.10. The lowest BCUT2D eigenvalue weighted by Crippen LogP contribution is -2.32. The first kappa shape index (κ1) is 18.5. The molecule has 5 nitrogen and oxygen atoms in total. The Bertz CT molecular complexity index is 977. The first-order valence-corrected chi connectivity index (χ1v) is 10.1. The number of rotatable bonds is 6. The number of aromatic nitrogens is 2. The Kier molecular flexibility index (Phi) is 5.33. The maximum Gasteiger partial charge on any atom is 0.220 e. The molecule has 4 rings (SSSR count). The Morgan fingerprint density at radius 3 is 2.86 bits per heavy atom. The average molecular weight is 377 g/mol. The summed E-state index contributed by atoms with van der Waals surface area (Å²) in [5, 5.41) is 3.19. The van der Waals surface area contributed by atoms with Crippen molar-refractivity contribution in [3.63, 3.8) is 0 Å². The zero-order valence-corrected chi connectivity index (χ0v) is 16.5. The molecule has 1 aromatic heterocycles. The number of carbonyl (C=O) groups is 1. The van der Waals surface area contributed by atoms with Crippen molar-refractivity contribution in [3.8, 4) is 5.75 Å². The van der Waals surface area contributed by atoms with E-state index in [9.17, 15) is 4.79 Å². The predicted molar refractivity (Wildman–Crippen MR) is 110 cm³/mol. The molecule has 0 saturated heterocycles. The standard InChI is InChI=1S/C23H27N3O2/c1-16(2)23-25-19-9-4-5-10-20(19)26(23)14-7-12-22(27)24-18-13-15-28-21-11-6-3-8-17(18)21/h3-6,8-11,16,18H,7,12-15H2,1-2H3,(H,24,27). The van der Waals surface area contributed by atoms with E-state index in [4.69, 9.17) is 9.72 Å². The van der Waals surface area contributed by atoms with E-state index < -0.39 is 0 Å². The van der Waals surface area contributed by atoms with Gasteiger partial charge in [0.15, 0.2) is 0 Å². The van der Waals surface area contributed by atoms with Gasteiger partial charge in [0, 0.05) is 30.9 Å². The van der Waals surface area contributed by atoms with Gasteiger partial charge in [-0.3, -0.25) is 4.79 Å². The number of hydrogen-bond donors (Lipinski definition) is 1. The quantitative estimate of drug-likeness (QED) is 0.684. The van der Waals surface area contributed by atoms with Crippen LogP contribution in [-0.2, 0) is 11.3 Å². The molecule has 3 aromatic rings. The van der Waals surface area contributed by atoms with E-state index in [-0.39, 0.29) is 11.9 Å². The number of nitrogens with one attached hydrogen (secondary N) is 1. The lowest BCUT2D eigenvalue weighted by atomic mass is 10.0. The van der Waals surface area contributed by atoms with Crippen LogP contribution in [0, 0.1) is 0 Å². The van der Waals surface area contributed by atoms with Gasteiger partial charge in [0.05, 0.1) is 23.7 Å². The highest BCUT2D eigenvalue weighted by Crippen LogP contribution is 2.31. The molecule has 1 amide bonds. The van der Waals surface area contributed by atoms with Gasteiger partial charge < -0.3 is 14.6 Å². The van der Waals surface area contributed by atoms with Crippen LogP contribution in [0.15, 0.2) is 48.5 Å². The molecule has 1 aliphatic rings. The number of hydrogen-bond acceptors (Lipinski definition) is 3. The minimum absolute atomic E-state index is 0.0396. The van der Waals surface area contributed by atoms with Crippen molar-refractivity contribution in [1.29, 1.82) is 0 Å². The molecule has 0 spiro atoms. The van der Waals surface area contributed by atoms with Gasteiger partial charge in [0.2, 0.25) is 5.91 Å². The molecular formula is C23H27N3O2. The minimum atomic E-state index is 0.0396. The third-order valence-corrected chi connectivity index (χ3v) is 5.28. The molecule has 1 unspecified atom stereocenters. The summed E-state index contributed by atoms with van der Waals surface area (Å²) in [6.45, 7) is 5.76. The van der Waals surface area contributed by atoms with Gasteiger partial charge in [0.25, 0.3) is 0 Å². The lowest BCUT2D eigenvalue weighted by molar-refractivity contribution is -0.122. The van der Waals surface area contributed by atoms with Crippen LogP contribution in [0.4, 0.5) is 0 Å². The molecule has 0 bridgehead atoms. The van der Waals surface area contributed by atoms with Crippen molar-refractivity contribution in [3.05, 3.63) is 59.9 Å². The molecule has 1 N–H and O–H groups in total. The monoisotopic (exact) mass is 377 g/mol. The van der Waals surface area contributed by atoms with E-state index in [1.807, 2.05) is 42.5 Å². The van der Waals surface area contributed by atoms with E-state index in [1.54, 1.807) is 0 Å². The summed E-state index contributed by atoms with van der Waals surface area (Å²) in [4.78, 5) is 17.3. The summed E-state index contributed by atoms with van der Waals surface area (Å²) in [6, 6.07) is 16.2. The van der Waals surface area contributed by atoms with Crippen LogP contribution in [0.1, 0.15) is 56.5 Å². The fraction of sp³-hybridized carbons (Fsp3) is 0.391. The molecule has 1 aliphatic heterocycles. The van der Waals surface area contributed by atoms with Gasteiger partial charge in [-0.2, -0.15) is 0 Å². The van der Waals surface area contributed by atoms with E-state index in [0.717, 1.165) is 47.6 Å². The Hall–Kier alpha value is -2.82. The van der Waals surface area contributed by atoms with Crippen LogP contribution in [0.3, 0.4) is 0 Å². The average Bonchev–Trinajstić information content (AvgIpc) is 3.07. The fourth-order valence-corrected chi connectivity index (χ4v) is 3.93. The zero-order valence-electron chi connectivity index (χ0n) is 16.5. The van der Waals surface area contributed by atoms with Crippen LogP contribution < -0.4 is 10.1 Å². The third kappa shape index (κ3) is 3.75. The molecule has 0 aliphatic carbocycles. The SMILES string of the molecule is CC(C)c1nc2ccccc2n1CCCC(=O)NC1CCOc2ccccc21. The van der Waals surface area contributed by atoms with Crippen molar-refractivity contribution in [2.45, 2.75) is 51.6 Å². The van der Waals surface area contributed by atoms with Gasteiger partial charge >= 0.3 is 0 Å². The topological polar surface area (TPSA) is 56.2 Å². The third-order valence-electron chi connectivity index (χ3n) is 5.28. The Morgan fingerprint density at radius 1 is 1.21 bits per heavy atom. The van der Waals surface area contributed by atoms with Gasteiger partial charge in [-0.25, -0.2) is 4.98 Å². The maximum absolute atomic E-state index is 12.6. The number of ether oxygens (including phenoxy) is 1. The number of para-hydroxylation sites is 3. The summed E-state index contributed by atoms with van der Waals surface area (Å²) in [7, 11) is 0. The van der Waals surface area contributed by atoms with Crippen LogP contribution in [-0.4, -0.2) is 22.1 Å². The normalized spacial score (nSPS) is 16.0. The van der Waals surface area contributed by atoms with E-state index in [1.165, 1.54) is 0 Å². The summed E-state index contributed by atoms with van der Waals surface area (Å²) in [5.41, 5.74) is 3.24.